The van der Waals surface area contributed by atoms with Crippen LogP contribution in [-0.4, -0.2) is 15.9 Å². The van der Waals surface area contributed by atoms with Crippen LogP contribution in [0.25, 0.3) is 11.1 Å². The molecule has 0 aliphatic rings. The minimum atomic E-state index is -0.225. The van der Waals surface area contributed by atoms with E-state index in [1.807, 2.05) is 30.3 Å². The molecule has 0 fully saturated rings. The van der Waals surface area contributed by atoms with Crippen LogP contribution in [0.15, 0.2) is 67.3 Å². The fraction of sp³-hybridized carbons (Fsp3) is 0.150. The first-order valence-electron chi connectivity index (χ1n) is 8.11. The number of halogens is 1. The lowest BCUT2D eigenvalue weighted by molar-refractivity contribution is -0.116. The Hall–Kier alpha value is -3.08. The summed E-state index contributed by atoms with van der Waals surface area (Å²) in [5.41, 5.74) is 3.17. The van der Waals surface area contributed by atoms with Crippen LogP contribution < -0.4 is 5.32 Å². The molecule has 25 heavy (non-hydrogen) atoms. The first-order chi connectivity index (χ1) is 12.2. The molecule has 0 aliphatic carbocycles. The Bertz CT molecular complexity index is 835. The Morgan fingerprint density at radius 2 is 1.72 bits per heavy atom. The number of amides is 1. The highest BCUT2D eigenvalue weighted by Gasteiger charge is 2.05. The largest absolute Gasteiger partial charge is 0.323 e. The van der Waals surface area contributed by atoms with E-state index in [1.54, 1.807) is 24.5 Å². The maximum Gasteiger partial charge on any atom is 0.224 e. The van der Waals surface area contributed by atoms with Crippen molar-refractivity contribution in [2.45, 2.75) is 19.3 Å². The summed E-state index contributed by atoms with van der Waals surface area (Å²) in [4.78, 5) is 19.6. The minimum absolute atomic E-state index is 0.0576. The highest BCUT2D eigenvalue weighted by molar-refractivity contribution is 5.90. The number of nitrogens with one attached hydrogen (secondary N) is 1. The molecule has 0 saturated carbocycles. The molecule has 1 heterocycles. The third-order valence-electron chi connectivity index (χ3n) is 3.85. The van der Waals surface area contributed by atoms with Crippen molar-refractivity contribution >= 4 is 11.6 Å². The van der Waals surface area contributed by atoms with Gasteiger partial charge in [-0.25, -0.2) is 14.4 Å². The summed E-state index contributed by atoms with van der Waals surface area (Å²) in [6.45, 7) is 0. The number of carbonyl (C=O) groups excluding carboxylic acids is 1. The zero-order valence-electron chi connectivity index (χ0n) is 13.7. The van der Waals surface area contributed by atoms with Crippen LogP contribution in [-0.2, 0) is 11.2 Å². The average molecular weight is 335 g/mol. The molecule has 0 unspecified atom stereocenters. The van der Waals surface area contributed by atoms with Crippen LogP contribution in [0.1, 0.15) is 18.4 Å². The summed E-state index contributed by atoms with van der Waals surface area (Å²) in [6.07, 6.45) is 6.48. The van der Waals surface area contributed by atoms with Crippen LogP contribution in [0.4, 0.5) is 10.1 Å². The number of carbonyl (C=O) groups is 1. The molecule has 0 radical (unpaired) electrons. The molecule has 1 N–H and O–H groups in total. The van der Waals surface area contributed by atoms with Crippen LogP contribution in [0.5, 0.6) is 0 Å². The SMILES string of the molecule is O=C(CCCc1ccc(-c2ccccc2F)cc1)Nc1cncnc1. The first-order valence-corrected chi connectivity index (χ1v) is 8.11. The van der Waals surface area contributed by atoms with Crippen molar-refractivity contribution in [2.24, 2.45) is 0 Å². The molecule has 0 bridgehead atoms. The number of hydrogen-bond acceptors (Lipinski definition) is 3. The third-order valence-corrected chi connectivity index (χ3v) is 3.85. The van der Waals surface area contributed by atoms with E-state index in [-0.39, 0.29) is 11.7 Å². The van der Waals surface area contributed by atoms with Gasteiger partial charge in [0.25, 0.3) is 0 Å². The van der Waals surface area contributed by atoms with Crippen molar-refractivity contribution < 1.29 is 9.18 Å². The number of aromatic nitrogens is 2. The van der Waals surface area contributed by atoms with Crippen LogP contribution in [0.2, 0.25) is 0 Å². The Kier molecular flexibility index (Phi) is 5.46. The van der Waals surface area contributed by atoms with E-state index in [1.165, 1.54) is 12.4 Å². The average Bonchev–Trinajstić information content (AvgIpc) is 2.64. The van der Waals surface area contributed by atoms with Crippen molar-refractivity contribution in [3.8, 4) is 11.1 Å². The number of nitrogens with zero attached hydrogens (tertiary/aromatic N) is 2. The van der Waals surface area contributed by atoms with E-state index in [0.29, 0.717) is 17.7 Å². The molecule has 3 aromatic rings. The third kappa shape index (κ3) is 4.70. The molecule has 0 spiro atoms. The van der Waals surface area contributed by atoms with Crippen molar-refractivity contribution in [1.29, 1.82) is 0 Å². The Morgan fingerprint density at radius 3 is 2.44 bits per heavy atom. The molecule has 1 aromatic heterocycles. The van der Waals surface area contributed by atoms with Gasteiger partial charge in [0, 0.05) is 12.0 Å². The van der Waals surface area contributed by atoms with E-state index in [2.05, 4.69) is 15.3 Å². The first kappa shape index (κ1) is 16.8. The zero-order chi connectivity index (χ0) is 17.5. The summed E-state index contributed by atoms with van der Waals surface area (Å²) < 4.78 is 13.8. The monoisotopic (exact) mass is 335 g/mol. The summed E-state index contributed by atoms with van der Waals surface area (Å²) in [7, 11) is 0. The standard InChI is InChI=1S/C20H18FN3O/c21-19-6-2-1-5-18(19)16-10-8-15(9-11-16)4-3-7-20(25)24-17-12-22-14-23-13-17/h1-2,5-6,8-14H,3-4,7H2,(H,24,25). The van der Waals surface area contributed by atoms with Crippen molar-refractivity contribution in [3.05, 3.63) is 78.6 Å². The zero-order valence-corrected chi connectivity index (χ0v) is 13.7. The molecule has 2 aromatic carbocycles. The normalized spacial score (nSPS) is 10.4. The molecule has 5 heteroatoms. The lowest BCUT2D eigenvalue weighted by Crippen LogP contribution is -2.11. The van der Waals surface area contributed by atoms with Gasteiger partial charge in [-0.1, -0.05) is 42.5 Å². The highest BCUT2D eigenvalue weighted by atomic mass is 19.1. The molecule has 0 atom stereocenters. The lowest BCUT2D eigenvalue weighted by Gasteiger charge is -2.06. The van der Waals surface area contributed by atoms with Crippen molar-refractivity contribution in [3.63, 3.8) is 0 Å². The van der Waals surface area contributed by atoms with Gasteiger partial charge < -0.3 is 5.32 Å². The maximum atomic E-state index is 13.8. The van der Waals surface area contributed by atoms with Gasteiger partial charge >= 0.3 is 0 Å². The van der Waals surface area contributed by atoms with Gasteiger partial charge in [0.15, 0.2) is 0 Å². The number of rotatable bonds is 6. The molecule has 4 nitrogen and oxygen atoms in total. The number of hydrogen-bond donors (Lipinski definition) is 1. The van der Waals surface area contributed by atoms with Crippen LogP contribution >= 0.6 is 0 Å². The quantitative estimate of drug-likeness (QED) is 0.733. The predicted octanol–water partition coefficient (Wildman–Crippen LogP) is 4.24. The van der Waals surface area contributed by atoms with E-state index < -0.39 is 0 Å². The smallest absolute Gasteiger partial charge is 0.224 e. The topological polar surface area (TPSA) is 54.9 Å². The fourth-order valence-corrected chi connectivity index (χ4v) is 2.59. The maximum absolute atomic E-state index is 13.8. The Labute approximate surface area is 145 Å². The minimum Gasteiger partial charge on any atom is -0.323 e. The number of benzene rings is 2. The lowest BCUT2D eigenvalue weighted by atomic mass is 10.0. The Balaban J connectivity index is 1.51. The van der Waals surface area contributed by atoms with E-state index in [4.69, 9.17) is 0 Å². The van der Waals surface area contributed by atoms with E-state index in [9.17, 15) is 9.18 Å². The molecule has 0 saturated heterocycles. The number of anilines is 1. The second kappa shape index (κ2) is 8.15. The summed E-state index contributed by atoms with van der Waals surface area (Å²) in [5, 5.41) is 2.76. The van der Waals surface area contributed by atoms with Gasteiger partial charge in [-0.2, -0.15) is 0 Å². The van der Waals surface area contributed by atoms with Gasteiger partial charge in [-0.15, -0.1) is 0 Å². The van der Waals surface area contributed by atoms with Gasteiger partial charge in [0.05, 0.1) is 18.1 Å². The molecule has 126 valence electrons. The van der Waals surface area contributed by atoms with Gasteiger partial charge in [-0.3, -0.25) is 4.79 Å². The second-order valence-electron chi connectivity index (χ2n) is 5.71. The molecule has 3 rings (SSSR count). The second-order valence-corrected chi connectivity index (χ2v) is 5.71. The summed E-state index contributed by atoms with van der Waals surface area (Å²) in [6, 6.07) is 14.5. The van der Waals surface area contributed by atoms with Crippen molar-refractivity contribution in [1.82, 2.24) is 9.97 Å². The van der Waals surface area contributed by atoms with Crippen LogP contribution in [0, 0.1) is 5.82 Å². The number of aryl methyl sites for hydroxylation is 1. The van der Waals surface area contributed by atoms with Gasteiger partial charge in [0.1, 0.15) is 12.1 Å². The highest BCUT2D eigenvalue weighted by Crippen LogP contribution is 2.23. The summed E-state index contributed by atoms with van der Waals surface area (Å²) >= 11 is 0. The fourth-order valence-electron chi connectivity index (χ4n) is 2.59. The molecular weight excluding hydrogens is 317 g/mol. The Morgan fingerprint density at radius 1 is 1.00 bits per heavy atom. The summed E-state index contributed by atoms with van der Waals surface area (Å²) in [5.74, 6) is -0.283. The van der Waals surface area contributed by atoms with Crippen molar-refractivity contribution in [2.75, 3.05) is 5.32 Å². The predicted molar refractivity (Wildman–Crippen MR) is 95.4 cm³/mol. The van der Waals surface area contributed by atoms with Gasteiger partial charge in [0.2, 0.25) is 5.91 Å². The van der Waals surface area contributed by atoms with E-state index >= 15 is 0 Å². The van der Waals surface area contributed by atoms with Crippen LogP contribution in [0.3, 0.4) is 0 Å². The van der Waals surface area contributed by atoms with Gasteiger partial charge in [-0.05, 0) is 30.0 Å². The van der Waals surface area contributed by atoms with E-state index in [0.717, 1.165) is 24.0 Å². The molecular formula is C20H18FN3O. The molecule has 0 aliphatic heterocycles. The molecule has 1 amide bonds.